The summed E-state index contributed by atoms with van der Waals surface area (Å²) in [6.45, 7) is 3.19. The van der Waals surface area contributed by atoms with Crippen LogP contribution >= 0.6 is 0 Å². The van der Waals surface area contributed by atoms with E-state index in [0.717, 1.165) is 19.3 Å². The third kappa shape index (κ3) is 2.77. The largest absolute Gasteiger partial charge is 0.245 e. The fraction of sp³-hybridized carbons (Fsp3) is 0.538. The molecule has 19 heavy (non-hydrogen) atoms. The topological polar surface area (TPSA) is 74.1 Å². The molecular weight excluding hydrogens is 262 g/mol. The molecule has 0 amide bonds. The number of rotatable bonds is 4. The Morgan fingerprint density at radius 1 is 1.58 bits per heavy atom. The Labute approximate surface area is 113 Å². The molecule has 2 heterocycles. The van der Waals surface area contributed by atoms with Gasteiger partial charge in [-0.05, 0) is 30.9 Å². The van der Waals surface area contributed by atoms with Gasteiger partial charge < -0.3 is 0 Å². The molecule has 0 aromatic carbocycles. The van der Waals surface area contributed by atoms with E-state index in [0.29, 0.717) is 19.0 Å². The molecule has 0 aliphatic carbocycles. The maximum atomic E-state index is 12.5. The summed E-state index contributed by atoms with van der Waals surface area (Å²) in [7, 11) is -3.58. The van der Waals surface area contributed by atoms with Gasteiger partial charge in [-0.1, -0.05) is 13.3 Å². The van der Waals surface area contributed by atoms with Crippen LogP contribution in [0.1, 0.15) is 31.9 Å². The third-order valence-corrected chi connectivity index (χ3v) is 5.34. The van der Waals surface area contributed by atoms with E-state index in [9.17, 15) is 8.42 Å². The van der Waals surface area contributed by atoms with Gasteiger partial charge in [0.2, 0.25) is 10.0 Å². The van der Waals surface area contributed by atoms with Gasteiger partial charge in [0.15, 0.2) is 5.69 Å². The summed E-state index contributed by atoms with van der Waals surface area (Å²) in [6, 6.07) is 4.85. The van der Waals surface area contributed by atoms with Crippen molar-refractivity contribution in [3.63, 3.8) is 0 Å². The predicted molar refractivity (Wildman–Crippen MR) is 70.7 cm³/mol. The zero-order valence-corrected chi connectivity index (χ0v) is 11.7. The molecule has 1 unspecified atom stereocenters. The highest BCUT2D eigenvalue weighted by Gasteiger charge is 2.33. The highest BCUT2D eigenvalue weighted by Crippen LogP contribution is 2.27. The Morgan fingerprint density at radius 2 is 2.37 bits per heavy atom. The maximum Gasteiger partial charge on any atom is 0.245 e. The first-order chi connectivity index (χ1) is 9.09. The van der Waals surface area contributed by atoms with Crippen molar-refractivity contribution in [2.75, 3.05) is 13.1 Å². The fourth-order valence-electron chi connectivity index (χ4n) is 2.48. The molecule has 0 spiro atoms. The minimum atomic E-state index is -3.58. The molecule has 2 rings (SSSR count). The summed E-state index contributed by atoms with van der Waals surface area (Å²) in [6.07, 6.45) is 4.44. The molecule has 102 valence electrons. The molecule has 1 aromatic rings. The van der Waals surface area contributed by atoms with Crippen molar-refractivity contribution >= 4 is 10.0 Å². The molecule has 1 fully saturated rings. The molecule has 1 aromatic heterocycles. The Hall–Kier alpha value is -1.45. The van der Waals surface area contributed by atoms with Gasteiger partial charge in [0.05, 0.1) is 0 Å². The van der Waals surface area contributed by atoms with E-state index >= 15 is 0 Å². The molecule has 0 saturated carbocycles. The van der Waals surface area contributed by atoms with Gasteiger partial charge in [0.1, 0.15) is 11.0 Å². The fourth-order valence-corrected chi connectivity index (χ4v) is 4.11. The highest BCUT2D eigenvalue weighted by atomic mass is 32.2. The van der Waals surface area contributed by atoms with Crippen molar-refractivity contribution in [1.82, 2.24) is 9.29 Å². The smallest absolute Gasteiger partial charge is 0.244 e. The lowest BCUT2D eigenvalue weighted by atomic mass is 10.0. The lowest BCUT2D eigenvalue weighted by Gasteiger charge is -2.16. The van der Waals surface area contributed by atoms with E-state index in [2.05, 4.69) is 11.9 Å². The van der Waals surface area contributed by atoms with Crippen molar-refractivity contribution in [2.45, 2.75) is 31.1 Å². The number of pyridine rings is 1. The van der Waals surface area contributed by atoms with E-state index < -0.39 is 10.0 Å². The van der Waals surface area contributed by atoms with Crippen LogP contribution in [0.3, 0.4) is 0 Å². The lowest BCUT2D eigenvalue weighted by molar-refractivity contribution is 0.444. The lowest BCUT2D eigenvalue weighted by Crippen LogP contribution is -2.29. The molecule has 1 atom stereocenters. The first kappa shape index (κ1) is 14.0. The van der Waals surface area contributed by atoms with Gasteiger partial charge >= 0.3 is 0 Å². The first-order valence-electron chi connectivity index (χ1n) is 6.45. The number of hydrogen-bond donors (Lipinski definition) is 0. The van der Waals surface area contributed by atoms with Crippen LogP contribution < -0.4 is 0 Å². The van der Waals surface area contributed by atoms with Crippen molar-refractivity contribution in [3.05, 3.63) is 24.0 Å². The quantitative estimate of drug-likeness (QED) is 0.841. The number of nitriles is 1. The average Bonchev–Trinajstić information content (AvgIpc) is 2.88. The van der Waals surface area contributed by atoms with E-state index in [1.807, 2.05) is 6.07 Å². The number of nitrogens with zero attached hydrogens (tertiary/aromatic N) is 3. The highest BCUT2D eigenvalue weighted by molar-refractivity contribution is 7.89. The van der Waals surface area contributed by atoms with Crippen LogP contribution in [-0.2, 0) is 10.0 Å². The molecule has 1 aliphatic rings. The van der Waals surface area contributed by atoms with Crippen molar-refractivity contribution in [1.29, 1.82) is 5.26 Å². The van der Waals surface area contributed by atoms with Crippen LogP contribution in [0.5, 0.6) is 0 Å². The Bertz CT molecular complexity index is 592. The molecule has 1 aliphatic heterocycles. The zero-order chi connectivity index (χ0) is 13.9. The molecule has 6 heteroatoms. The minimum absolute atomic E-state index is 0.0228. The van der Waals surface area contributed by atoms with Crippen LogP contribution in [0.25, 0.3) is 0 Å². The third-order valence-electron chi connectivity index (χ3n) is 3.44. The van der Waals surface area contributed by atoms with E-state index in [-0.39, 0.29) is 10.6 Å². The van der Waals surface area contributed by atoms with Gasteiger partial charge in [0, 0.05) is 19.3 Å². The monoisotopic (exact) mass is 279 g/mol. The summed E-state index contributed by atoms with van der Waals surface area (Å²) < 4.78 is 26.5. The van der Waals surface area contributed by atoms with Crippen molar-refractivity contribution < 1.29 is 8.42 Å². The second-order valence-electron chi connectivity index (χ2n) is 4.77. The second-order valence-corrected chi connectivity index (χ2v) is 6.67. The summed E-state index contributed by atoms with van der Waals surface area (Å²) in [5.74, 6) is 0.432. The van der Waals surface area contributed by atoms with Crippen LogP contribution in [0.4, 0.5) is 0 Å². The molecule has 0 N–H and O–H groups in total. The van der Waals surface area contributed by atoms with Crippen molar-refractivity contribution in [2.24, 2.45) is 5.92 Å². The molecule has 0 bridgehead atoms. The minimum Gasteiger partial charge on any atom is -0.244 e. The van der Waals surface area contributed by atoms with Gasteiger partial charge in [-0.3, -0.25) is 0 Å². The number of hydrogen-bond acceptors (Lipinski definition) is 4. The van der Waals surface area contributed by atoms with E-state index in [1.54, 1.807) is 6.07 Å². The second kappa shape index (κ2) is 5.68. The summed E-state index contributed by atoms with van der Waals surface area (Å²) in [5, 5.41) is 8.97. The Balaban J connectivity index is 2.27. The van der Waals surface area contributed by atoms with Crippen LogP contribution in [-0.4, -0.2) is 30.8 Å². The zero-order valence-electron chi connectivity index (χ0n) is 10.9. The Morgan fingerprint density at radius 3 is 3.05 bits per heavy atom. The molecule has 5 nitrogen and oxygen atoms in total. The molecule has 1 saturated heterocycles. The van der Waals surface area contributed by atoms with E-state index in [4.69, 9.17) is 5.26 Å². The van der Waals surface area contributed by atoms with Gasteiger partial charge in [-0.15, -0.1) is 0 Å². The van der Waals surface area contributed by atoms with Gasteiger partial charge in [-0.25, -0.2) is 13.4 Å². The maximum absolute atomic E-state index is 12.5. The van der Waals surface area contributed by atoms with E-state index in [1.165, 1.54) is 16.6 Å². The normalized spacial score (nSPS) is 20.3. The molecule has 0 radical (unpaired) electrons. The summed E-state index contributed by atoms with van der Waals surface area (Å²) in [4.78, 5) is 3.85. The van der Waals surface area contributed by atoms with Crippen LogP contribution in [0.2, 0.25) is 0 Å². The summed E-state index contributed by atoms with van der Waals surface area (Å²) >= 11 is 0. The van der Waals surface area contributed by atoms with Crippen molar-refractivity contribution in [3.8, 4) is 6.07 Å². The standard InChI is InChI=1S/C13H17N3O2S/c1-2-4-11-6-8-16(10-11)19(17,18)13-5-3-7-15-12(13)9-14/h3,5,7,11H,2,4,6,8,10H2,1H3. The predicted octanol–water partition coefficient (Wildman–Crippen LogP) is 1.76. The first-order valence-corrected chi connectivity index (χ1v) is 7.89. The molecular formula is C13H17N3O2S. The SMILES string of the molecule is CCCC1CCN(S(=O)(=O)c2cccnc2C#N)C1. The average molecular weight is 279 g/mol. The summed E-state index contributed by atoms with van der Waals surface area (Å²) in [5.41, 5.74) is -0.0264. The Kier molecular flexibility index (Phi) is 4.17. The van der Waals surface area contributed by atoms with Crippen LogP contribution in [0.15, 0.2) is 23.2 Å². The van der Waals surface area contributed by atoms with Gasteiger partial charge in [-0.2, -0.15) is 9.57 Å². The van der Waals surface area contributed by atoms with Crippen LogP contribution in [0, 0.1) is 17.2 Å². The number of aromatic nitrogens is 1. The van der Waals surface area contributed by atoms with Gasteiger partial charge in [0.25, 0.3) is 0 Å². The number of sulfonamides is 1.